The number of hydrogen-bond donors (Lipinski definition) is 1. The minimum Gasteiger partial charge on any atom is -0.351 e. The van der Waals surface area contributed by atoms with Gasteiger partial charge >= 0.3 is 0 Å². The Morgan fingerprint density at radius 3 is 2.33 bits per heavy atom. The van der Waals surface area contributed by atoms with Crippen LogP contribution in [0.25, 0.3) is 0 Å². The Balaban J connectivity index is 2.73. The number of hydrogen-bond acceptors (Lipinski definition) is 1. The maximum Gasteiger partial charge on any atom is 0.220 e. The molecule has 1 aliphatic heterocycles. The lowest BCUT2D eigenvalue weighted by molar-refractivity contribution is -0.120. The van der Waals surface area contributed by atoms with Gasteiger partial charge in [0.2, 0.25) is 5.91 Å². The molecule has 1 unspecified atom stereocenters. The third-order valence-electron chi connectivity index (χ3n) is 2.90. The van der Waals surface area contributed by atoms with Crippen molar-refractivity contribution in [2.24, 2.45) is 11.3 Å². The molecular formula is C13H25NO. The zero-order chi connectivity index (χ0) is 11.7. The third kappa shape index (κ3) is 3.84. The summed E-state index contributed by atoms with van der Waals surface area (Å²) in [5, 5.41) is 3.22. The molecule has 1 fully saturated rings. The molecule has 1 atom stereocenters. The van der Waals surface area contributed by atoms with E-state index in [9.17, 15) is 4.79 Å². The molecule has 0 aromatic rings. The molecule has 0 aromatic carbocycles. The molecular weight excluding hydrogens is 186 g/mol. The summed E-state index contributed by atoms with van der Waals surface area (Å²) in [5.41, 5.74) is 0.357. The molecule has 1 aliphatic rings. The van der Waals surface area contributed by atoms with Crippen LogP contribution in [0.2, 0.25) is 0 Å². The van der Waals surface area contributed by atoms with E-state index in [4.69, 9.17) is 0 Å². The summed E-state index contributed by atoms with van der Waals surface area (Å²) >= 11 is 0. The van der Waals surface area contributed by atoms with E-state index in [1.54, 1.807) is 0 Å². The van der Waals surface area contributed by atoms with Crippen molar-refractivity contribution in [2.45, 2.75) is 65.8 Å². The molecule has 1 saturated heterocycles. The van der Waals surface area contributed by atoms with E-state index in [1.165, 1.54) is 0 Å². The van der Waals surface area contributed by atoms with Crippen LogP contribution in [0.4, 0.5) is 0 Å². The van der Waals surface area contributed by atoms with Crippen molar-refractivity contribution in [3.63, 3.8) is 0 Å². The fourth-order valence-electron chi connectivity index (χ4n) is 2.93. The van der Waals surface area contributed by atoms with E-state index >= 15 is 0 Å². The van der Waals surface area contributed by atoms with E-state index in [-0.39, 0.29) is 16.9 Å². The smallest absolute Gasteiger partial charge is 0.220 e. The lowest BCUT2D eigenvalue weighted by Gasteiger charge is -2.36. The first kappa shape index (κ1) is 12.5. The van der Waals surface area contributed by atoms with Gasteiger partial charge in [0.05, 0.1) is 0 Å². The molecule has 0 aromatic heterocycles. The monoisotopic (exact) mass is 211 g/mol. The molecule has 0 saturated carbocycles. The molecule has 15 heavy (non-hydrogen) atoms. The van der Waals surface area contributed by atoms with Gasteiger partial charge in [-0.25, -0.2) is 0 Å². The Morgan fingerprint density at radius 1 is 1.40 bits per heavy atom. The fraction of sp³-hybridized carbons (Fsp3) is 0.923. The highest BCUT2D eigenvalue weighted by Crippen LogP contribution is 2.37. The minimum absolute atomic E-state index is 0.0729. The van der Waals surface area contributed by atoms with Crippen LogP contribution in [0, 0.1) is 11.3 Å². The molecule has 1 N–H and O–H groups in total. The second-order valence-corrected chi connectivity index (χ2v) is 6.66. The van der Waals surface area contributed by atoms with Crippen LogP contribution in [-0.2, 0) is 4.79 Å². The Kier molecular flexibility index (Phi) is 3.47. The normalized spacial score (nSPS) is 27.2. The van der Waals surface area contributed by atoms with Crippen molar-refractivity contribution >= 4 is 5.91 Å². The summed E-state index contributed by atoms with van der Waals surface area (Å²) in [6.45, 7) is 11.2. The van der Waals surface area contributed by atoms with Gasteiger partial charge < -0.3 is 5.32 Å². The average molecular weight is 211 g/mol. The van der Waals surface area contributed by atoms with Gasteiger partial charge in [-0.05, 0) is 30.6 Å². The van der Waals surface area contributed by atoms with E-state index in [1.807, 2.05) is 0 Å². The maximum absolute atomic E-state index is 11.4. The first-order valence-corrected chi connectivity index (χ1v) is 6.03. The fourth-order valence-corrected chi connectivity index (χ4v) is 2.93. The predicted molar refractivity (Wildman–Crippen MR) is 63.6 cm³/mol. The minimum atomic E-state index is 0.0729. The van der Waals surface area contributed by atoms with Crippen LogP contribution < -0.4 is 5.32 Å². The first-order valence-electron chi connectivity index (χ1n) is 6.03. The van der Waals surface area contributed by atoms with E-state index < -0.39 is 0 Å². The Labute approximate surface area is 93.8 Å². The number of carbonyl (C=O) groups is 1. The third-order valence-corrected chi connectivity index (χ3v) is 2.90. The predicted octanol–water partition coefficient (Wildman–Crippen LogP) is 3.12. The second kappa shape index (κ2) is 4.15. The summed E-state index contributed by atoms with van der Waals surface area (Å²) in [4.78, 5) is 11.4. The lowest BCUT2D eigenvalue weighted by atomic mass is 9.75. The van der Waals surface area contributed by atoms with Crippen molar-refractivity contribution in [1.29, 1.82) is 0 Å². The van der Waals surface area contributed by atoms with Gasteiger partial charge in [-0.15, -0.1) is 0 Å². The Hall–Kier alpha value is -0.530. The van der Waals surface area contributed by atoms with Crippen molar-refractivity contribution in [3.8, 4) is 0 Å². The molecule has 1 amide bonds. The SMILES string of the molecule is CC(C)CC1(CC(C)(C)C)CCC(=O)N1. The van der Waals surface area contributed by atoms with Crippen LogP contribution in [0.3, 0.4) is 0 Å². The first-order chi connectivity index (χ1) is 6.72. The molecule has 0 aliphatic carbocycles. The zero-order valence-electron chi connectivity index (χ0n) is 10.8. The highest BCUT2D eigenvalue weighted by Gasteiger charge is 2.40. The molecule has 1 rings (SSSR count). The summed E-state index contributed by atoms with van der Waals surface area (Å²) in [6, 6.07) is 0. The number of rotatable bonds is 3. The summed E-state index contributed by atoms with van der Waals surface area (Å²) in [6.07, 6.45) is 3.92. The molecule has 2 nitrogen and oxygen atoms in total. The molecule has 1 heterocycles. The molecule has 88 valence electrons. The Bertz CT molecular complexity index is 239. The van der Waals surface area contributed by atoms with Crippen molar-refractivity contribution < 1.29 is 4.79 Å². The van der Waals surface area contributed by atoms with Gasteiger partial charge in [0.1, 0.15) is 0 Å². The van der Waals surface area contributed by atoms with E-state index in [2.05, 4.69) is 39.9 Å². The highest BCUT2D eigenvalue weighted by atomic mass is 16.2. The largest absolute Gasteiger partial charge is 0.351 e. The highest BCUT2D eigenvalue weighted by molar-refractivity contribution is 5.79. The summed E-state index contributed by atoms with van der Waals surface area (Å²) in [7, 11) is 0. The van der Waals surface area contributed by atoms with Crippen molar-refractivity contribution in [3.05, 3.63) is 0 Å². The van der Waals surface area contributed by atoms with Gasteiger partial charge in [0, 0.05) is 12.0 Å². The van der Waals surface area contributed by atoms with E-state index in [0.717, 1.165) is 19.3 Å². The Morgan fingerprint density at radius 2 is 2.00 bits per heavy atom. The van der Waals surface area contributed by atoms with Gasteiger partial charge in [-0.3, -0.25) is 4.79 Å². The van der Waals surface area contributed by atoms with Crippen LogP contribution in [-0.4, -0.2) is 11.4 Å². The number of carbonyl (C=O) groups excluding carboxylic acids is 1. The van der Waals surface area contributed by atoms with Crippen LogP contribution in [0.15, 0.2) is 0 Å². The number of amides is 1. The summed E-state index contributed by atoms with van der Waals surface area (Å²) < 4.78 is 0. The molecule has 2 heteroatoms. The quantitative estimate of drug-likeness (QED) is 0.763. The maximum atomic E-state index is 11.4. The van der Waals surface area contributed by atoms with E-state index in [0.29, 0.717) is 12.3 Å². The van der Waals surface area contributed by atoms with Gasteiger partial charge in [0.25, 0.3) is 0 Å². The van der Waals surface area contributed by atoms with Gasteiger partial charge in [0.15, 0.2) is 0 Å². The standard InChI is InChI=1S/C13H25NO/c1-10(2)8-13(9-12(3,4)5)7-6-11(15)14-13/h10H,6-9H2,1-5H3,(H,14,15). The lowest BCUT2D eigenvalue weighted by Crippen LogP contribution is -2.45. The van der Waals surface area contributed by atoms with Crippen LogP contribution in [0.1, 0.15) is 60.3 Å². The molecule has 0 bridgehead atoms. The van der Waals surface area contributed by atoms with Crippen LogP contribution in [0.5, 0.6) is 0 Å². The van der Waals surface area contributed by atoms with Crippen LogP contribution >= 0.6 is 0 Å². The topological polar surface area (TPSA) is 29.1 Å². The zero-order valence-corrected chi connectivity index (χ0v) is 10.8. The van der Waals surface area contributed by atoms with Crippen molar-refractivity contribution in [1.82, 2.24) is 5.32 Å². The number of nitrogens with one attached hydrogen (secondary N) is 1. The van der Waals surface area contributed by atoms with Gasteiger partial charge in [-0.1, -0.05) is 34.6 Å². The van der Waals surface area contributed by atoms with Crippen molar-refractivity contribution in [2.75, 3.05) is 0 Å². The second-order valence-electron chi connectivity index (χ2n) is 6.66. The average Bonchev–Trinajstić information content (AvgIpc) is 2.25. The van der Waals surface area contributed by atoms with Gasteiger partial charge in [-0.2, -0.15) is 0 Å². The molecule has 0 spiro atoms. The molecule has 0 radical (unpaired) electrons. The summed E-state index contributed by atoms with van der Waals surface area (Å²) in [5.74, 6) is 0.880.